The normalized spacial score (nSPS) is 42.2. The summed E-state index contributed by atoms with van der Waals surface area (Å²) < 4.78 is 6.11. The van der Waals surface area contributed by atoms with E-state index in [0.717, 1.165) is 22.9 Å². The second-order valence-electron chi connectivity index (χ2n) is 5.46. The van der Waals surface area contributed by atoms with E-state index in [1.165, 1.54) is 32.5 Å². The molecule has 0 spiro atoms. The number of thiazole rings is 1. The molecule has 2 atom stereocenters. The molecule has 5 rings (SSSR count). The van der Waals surface area contributed by atoms with Crippen molar-refractivity contribution < 1.29 is 4.74 Å². The fourth-order valence-corrected chi connectivity index (χ4v) is 4.47. The summed E-state index contributed by atoms with van der Waals surface area (Å²) in [4.78, 5) is 6.88. The monoisotopic (exact) mass is 272 g/mol. The van der Waals surface area contributed by atoms with Gasteiger partial charge in [0.15, 0.2) is 0 Å². The molecule has 4 aliphatic rings. The lowest BCUT2D eigenvalue weighted by molar-refractivity contribution is -0.0985. The largest absolute Gasteiger partial charge is 0.466 e. The van der Waals surface area contributed by atoms with Gasteiger partial charge in [0, 0.05) is 43.0 Å². The van der Waals surface area contributed by atoms with Crippen LogP contribution in [0.15, 0.2) is 11.6 Å². The van der Waals surface area contributed by atoms with Crippen LogP contribution in [0.5, 0.6) is 5.19 Å². The van der Waals surface area contributed by atoms with Gasteiger partial charge >= 0.3 is 0 Å². The summed E-state index contributed by atoms with van der Waals surface area (Å²) in [6, 6.07) is 0. The van der Waals surface area contributed by atoms with E-state index in [-0.39, 0.29) is 12.4 Å². The van der Waals surface area contributed by atoms with Crippen LogP contribution >= 0.6 is 23.7 Å². The molecule has 0 amide bonds. The number of ether oxygens (including phenoxy) is 1. The van der Waals surface area contributed by atoms with Crippen LogP contribution in [0.3, 0.4) is 0 Å². The van der Waals surface area contributed by atoms with E-state index in [2.05, 4.69) is 9.88 Å². The minimum atomic E-state index is 0. The highest BCUT2D eigenvalue weighted by Gasteiger charge is 2.48. The molecule has 0 aromatic carbocycles. The van der Waals surface area contributed by atoms with Gasteiger partial charge in [0.25, 0.3) is 5.19 Å². The zero-order valence-electron chi connectivity index (χ0n) is 9.62. The number of nitrogens with zero attached hydrogens (tertiary/aromatic N) is 2. The smallest absolute Gasteiger partial charge is 0.273 e. The summed E-state index contributed by atoms with van der Waals surface area (Å²) in [7, 11) is 0. The minimum Gasteiger partial charge on any atom is -0.466 e. The van der Waals surface area contributed by atoms with Crippen molar-refractivity contribution in [3.63, 3.8) is 0 Å². The minimum absolute atomic E-state index is 0. The summed E-state index contributed by atoms with van der Waals surface area (Å²) in [5.41, 5.74) is 0. The van der Waals surface area contributed by atoms with Crippen LogP contribution in [0, 0.1) is 17.8 Å². The third kappa shape index (κ3) is 1.96. The van der Waals surface area contributed by atoms with E-state index in [0.29, 0.717) is 6.10 Å². The Balaban J connectivity index is 0.000000902. The van der Waals surface area contributed by atoms with Crippen LogP contribution in [-0.4, -0.2) is 35.6 Å². The number of piperidine rings is 3. The standard InChI is InChI=1S/C12H16N2OS.ClH/c1-2-16-12(13-1)15-11-9-3-8-4-10(11)7-14(5-8)6-9;/h1-2,8-11H,3-7H2;1H/t8?,9-,10-,11?;/m1./s1. The molecule has 4 bridgehead atoms. The van der Waals surface area contributed by atoms with Crippen LogP contribution in [-0.2, 0) is 0 Å². The Morgan fingerprint density at radius 2 is 2.00 bits per heavy atom. The maximum Gasteiger partial charge on any atom is 0.273 e. The molecule has 1 aromatic heterocycles. The Morgan fingerprint density at radius 3 is 2.59 bits per heavy atom. The molecule has 0 N–H and O–H groups in total. The average Bonchev–Trinajstić information content (AvgIpc) is 2.75. The van der Waals surface area contributed by atoms with Gasteiger partial charge in [-0.25, -0.2) is 4.98 Å². The molecule has 0 radical (unpaired) electrons. The highest BCUT2D eigenvalue weighted by Crippen LogP contribution is 2.44. The average molecular weight is 273 g/mol. The molecule has 4 fully saturated rings. The highest BCUT2D eigenvalue weighted by atomic mass is 35.5. The summed E-state index contributed by atoms with van der Waals surface area (Å²) in [6.45, 7) is 3.85. The lowest BCUT2D eigenvalue weighted by Gasteiger charge is -2.55. The Kier molecular flexibility index (Phi) is 3.05. The van der Waals surface area contributed by atoms with Crippen molar-refractivity contribution in [3.05, 3.63) is 11.6 Å². The Hall–Kier alpha value is -0.320. The van der Waals surface area contributed by atoms with Gasteiger partial charge in [-0.2, -0.15) is 0 Å². The number of aromatic nitrogens is 1. The second-order valence-corrected chi connectivity index (χ2v) is 6.31. The molecule has 3 nitrogen and oxygen atoms in total. The molecule has 5 heteroatoms. The summed E-state index contributed by atoms with van der Waals surface area (Å²) in [5.74, 6) is 2.47. The lowest BCUT2D eigenvalue weighted by atomic mass is 9.66. The van der Waals surface area contributed by atoms with Crippen LogP contribution in [0.4, 0.5) is 0 Å². The first-order valence-corrected chi connectivity index (χ1v) is 7.05. The summed E-state index contributed by atoms with van der Waals surface area (Å²) >= 11 is 1.62. The molecule has 1 aliphatic carbocycles. The summed E-state index contributed by atoms with van der Waals surface area (Å²) in [5, 5.41) is 2.86. The van der Waals surface area contributed by atoms with Crippen molar-refractivity contribution in [2.24, 2.45) is 17.8 Å². The van der Waals surface area contributed by atoms with Gasteiger partial charge in [0.2, 0.25) is 0 Å². The number of hydrogen-bond donors (Lipinski definition) is 0. The quantitative estimate of drug-likeness (QED) is 0.826. The van der Waals surface area contributed by atoms with Crippen LogP contribution in [0.25, 0.3) is 0 Å². The molecule has 94 valence electrons. The van der Waals surface area contributed by atoms with Crippen LogP contribution in [0.1, 0.15) is 12.8 Å². The maximum atomic E-state index is 6.11. The molecule has 1 saturated carbocycles. The third-order valence-corrected chi connectivity index (χ3v) is 5.01. The summed E-state index contributed by atoms with van der Waals surface area (Å²) in [6.07, 6.45) is 5.03. The first-order chi connectivity index (χ1) is 7.88. The zero-order chi connectivity index (χ0) is 10.5. The Bertz CT molecular complexity index is 356. The van der Waals surface area contributed by atoms with E-state index >= 15 is 0 Å². The molecule has 3 saturated heterocycles. The van der Waals surface area contributed by atoms with Gasteiger partial charge in [-0.1, -0.05) is 11.3 Å². The molecular weight excluding hydrogens is 256 g/mol. The topological polar surface area (TPSA) is 25.4 Å². The van der Waals surface area contributed by atoms with E-state index in [4.69, 9.17) is 4.74 Å². The van der Waals surface area contributed by atoms with E-state index < -0.39 is 0 Å². The predicted molar refractivity (Wildman–Crippen MR) is 69.9 cm³/mol. The SMILES string of the molecule is Cl.c1csc(OC2[C@@H]3CC4C[C@@H]2CN(C4)C3)n1. The fourth-order valence-electron chi connectivity index (χ4n) is 3.94. The van der Waals surface area contributed by atoms with Gasteiger partial charge < -0.3 is 9.64 Å². The molecule has 3 aliphatic heterocycles. The Labute approximate surface area is 112 Å². The molecule has 4 heterocycles. The maximum absolute atomic E-state index is 6.11. The highest BCUT2D eigenvalue weighted by molar-refractivity contribution is 7.11. The number of halogens is 1. The van der Waals surface area contributed by atoms with Gasteiger partial charge in [0.1, 0.15) is 6.10 Å². The van der Waals surface area contributed by atoms with Gasteiger partial charge in [-0.15, -0.1) is 12.4 Å². The van der Waals surface area contributed by atoms with Gasteiger partial charge in [0.05, 0.1) is 0 Å². The van der Waals surface area contributed by atoms with E-state index in [9.17, 15) is 0 Å². The predicted octanol–water partition coefficient (Wildman–Crippen LogP) is 2.28. The van der Waals surface area contributed by atoms with Crippen molar-refractivity contribution in [1.82, 2.24) is 9.88 Å². The Morgan fingerprint density at radius 1 is 1.24 bits per heavy atom. The van der Waals surface area contributed by atoms with Crippen molar-refractivity contribution in [2.45, 2.75) is 18.9 Å². The third-order valence-electron chi connectivity index (χ3n) is 4.35. The van der Waals surface area contributed by atoms with Crippen molar-refractivity contribution >= 4 is 23.7 Å². The second kappa shape index (κ2) is 4.41. The van der Waals surface area contributed by atoms with Gasteiger partial charge in [-0.05, 0) is 18.8 Å². The lowest BCUT2D eigenvalue weighted by Crippen LogP contribution is -2.61. The molecule has 1 aromatic rings. The van der Waals surface area contributed by atoms with Crippen LogP contribution < -0.4 is 4.74 Å². The number of rotatable bonds is 2. The van der Waals surface area contributed by atoms with E-state index in [1.54, 1.807) is 11.3 Å². The molecule has 17 heavy (non-hydrogen) atoms. The van der Waals surface area contributed by atoms with Crippen molar-refractivity contribution in [2.75, 3.05) is 19.6 Å². The molecule has 0 unspecified atom stereocenters. The van der Waals surface area contributed by atoms with Gasteiger partial charge in [-0.3, -0.25) is 0 Å². The fraction of sp³-hybridized carbons (Fsp3) is 0.750. The van der Waals surface area contributed by atoms with Crippen LogP contribution in [0.2, 0.25) is 0 Å². The number of hydrogen-bond acceptors (Lipinski definition) is 4. The zero-order valence-corrected chi connectivity index (χ0v) is 11.3. The first-order valence-electron chi connectivity index (χ1n) is 6.17. The van der Waals surface area contributed by atoms with Crippen molar-refractivity contribution in [3.8, 4) is 5.19 Å². The van der Waals surface area contributed by atoms with Crippen molar-refractivity contribution in [1.29, 1.82) is 0 Å². The first kappa shape index (κ1) is 11.8. The molecular formula is C12H17ClN2OS. The van der Waals surface area contributed by atoms with E-state index in [1.807, 2.05) is 11.6 Å².